The average Bonchev–Trinajstić information content (AvgIpc) is 2.65. The Labute approximate surface area is 163 Å². The highest BCUT2D eigenvalue weighted by atomic mass is 32.2. The molecule has 28 heavy (non-hydrogen) atoms. The number of alkyl halides is 3. The molecule has 0 unspecified atom stereocenters. The predicted octanol–water partition coefficient (Wildman–Crippen LogP) is 2.31. The molecule has 2 rings (SSSR count). The molecule has 6 nitrogen and oxygen atoms in total. The van der Waals surface area contributed by atoms with Gasteiger partial charge in [-0.05, 0) is 36.1 Å². The second-order valence-corrected chi connectivity index (χ2v) is 8.68. The zero-order chi connectivity index (χ0) is 20.9. The molecule has 0 aliphatic carbocycles. The lowest BCUT2D eigenvalue weighted by molar-refractivity contribution is -0.186. The maximum absolute atomic E-state index is 12.9. The van der Waals surface area contributed by atoms with Crippen LogP contribution in [0.4, 0.5) is 13.2 Å². The molecule has 1 aromatic carbocycles. The van der Waals surface area contributed by atoms with Crippen molar-refractivity contribution in [2.24, 2.45) is 0 Å². The van der Waals surface area contributed by atoms with Crippen LogP contribution in [0.3, 0.4) is 0 Å². The molecule has 1 amide bonds. The van der Waals surface area contributed by atoms with Gasteiger partial charge in [-0.3, -0.25) is 4.79 Å². The first-order valence-electron chi connectivity index (χ1n) is 9.20. The van der Waals surface area contributed by atoms with Gasteiger partial charge in [-0.15, -0.1) is 0 Å². The minimum Gasteiger partial charge on any atom is -0.395 e. The van der Waals surface area contributed by atoms with E-state index in [-0.39, 0.29) is 44.1 Å². The maximum atomic E-state index is 12.9. The van der Waals surface area contributed by atoms with Crippen LogP contribution in [0.2, 0.25) is 0 Å². The second kappa shape index (κ2) is 9.23. The lowest BCUT2D eigenvalue weighted by Gasteiger charge is -2.30. The zero-order valence-corrected chi connectivity index (χ0v) is 16.5. The molecule has 0 atom stereocenters. The molecule has 0 fully saturated rings. The second-order valence-electron chi connectivity index (χ2n) is 6.74. The van der Waals surface area contributed by atoms with E-state index in [0.717, 1.165) is 18.4 Å². The van der Waals surface area contributed by atoms with Gasteiger partial charge in [0.25, 0.3) is 0 Å². The largest absolute Gasteiger partial charge is 0.471 e. The van der Waals surface area contributed by atoms with E-state index in [1.165, 1.54) is 16.4 Å². The Bertz CT molecular complexity index is 797. The number of carbonyl (C=O) groups is 1. The number of nitrogens with zero attached hydrogens (tertiary/aromatic N) is 2. The van der Waals surface area contributed by atoms with Crippen LogP contribution in [0.15, 0.2) is 23.1 Å². The van der Waals surface area contributed by atoms with Gasteiger partial charge in [0, 0.05) is 26.2 Å². The van der Waals surface area contributed by atoms with E-state index in [0.29, 0.717) is 16.9 Å². The van der Waals surface area contributed by atoms with Crippen LogP contribution >= 0.6 is 0 Å². The molecule has 0 bridgehead atoms. The SMILES string of the molecule is CCCCCN(CCO)S(=O)(=O)c1ccc2c(c1)CN(C(=O)C(F)(F)F)CC2. The Balaban J connectivity index is 2.27. The fourth-order valence-electron chi connectivity index (χ4n) is 3.20. The molecule has 1 aliphatic heterocycles. The van der Waals surface area contributed by atoms with Crippen molar-refractivity contribution in [1.82, 2.24) is 9.21 Å². The Morgan fingerprint density at radius 3 is 2.54 bits per heavy atom. The van der Waals surface area contributed by atoms with Gasteiger partial charge in [0.15, 0.2) is 0 Å². The van der Waals surface area contributed by atoms with Crippen LogP contribution in [0.5, 0.6) is 0 Å². The smallest absolute Gasteiger partial charge is 0.395 e. The molecule has 1 N–H and O–H groups in total. The van der Waals surface area contributed by atoms with E-state index < -0.39 is 22.1 Å². The molecular formula is C18H25F3N2O4S. The van der Waals surface area contributed by atoms with Gasteiger partial charge in [0.05, 0.1) is 11.5 Å². The number of sulfonamides is 1. The van der Waals surface area contributed by atoms with Crippen molar-refractivity contribution in [2.75, 3.05) is 26.2 Å². The number of hydrogen-bond donors (Lipinski definition) is 1. The third kappa shape index (κ3) is 5.24. The van der Waals surface area contributed by atoms with Crippen LogP contribution in [0.25, 0.3) is 0 Å². The molecule has 10 heteroatoms. The highest BCUT2D eigenvalue weighted by Gasteiger charge is 2.43. The summed E-state index contributed by atoms with van der Waals surface area (Å²) in [5, 5.41) is 9.21. The summed E-state index contributed by atoms with van der Waals surface area (Å²) in [5.74, 6) is -1.92. The van der Waals surface area contributed by atoms with E-state index in [9.17, 15) is 31.5 Å². The van der Waals surface area contributed by atoms with Crippen LogP contribution < -0.4 is 0 Å². The molecule has 1 aliphatic rings. The summed E-state index contributed by atoms with van der Waals surface area (Å²) in [7, 11) is -3.90. The summed E-state index contributed by atoms with van der Waals surface area (Å²) in [6.45, 7) is 1.51. The monoisotopic (exact) mass is 422 g/mol. The van der Waals surface area contributed by atoms with Gasteiger partial charge in [-0.2, -0.15) is 17.5 Å². The quantitative estimate of drug-likeness (QED) is 0.653. The first-order chi connectivity index (χ1) is 13.1. The van der Waals surface area contributed by atoms with Crippen molar-refractivity contribution in [3.63, 3.8) is 0 Å². The number of benzene rings is 1. The summed E-state index contributed by atoms with van der Waals surface area (Å²) >= 11 is 0. The van der Waals surface area contributed by atoms with Gasteiger partial charge in [-0.25, -0.2) is 8.42 Å². The van der Waals surface area contributed by atoms with Gasteiger partial charge < -0.3 is 10.0 Å². The number of amides is 1. The van der Waals surface area contributed by atoms with E-state index in [4.69, 9.17) is 0 Å². The normalized spacial score (nSPS) is 15.0. The highest BCUT2D eigenvalue weighted by Crippen LogP contribution is 2.27. The number of fused-ring (bicyclic) bond motifs is 1. The van der Waals surface area contributed by atoms with Crippen LogP contribution in [-0.2, 0) is 27.8 Å². The van der Waals surface area contributed by atoms with Crippen molar-refractivity contribution in [1.29, 1.82) is 0 Å². The first-order valence-corrected chi connectivity index (χ1v) is 10.6. The van der Waals surface area contributed by atoms with E-state index in [1.54, 1.807) is 6.07 Å². The Morgan fingerprint density at radius 2 is 1.93 bits per heavy atom. The number of rotatable bonds is 8. The summed E-state index contributed by atoms with van der Waals surface area (Å²) in [6.07, 6.45) is -2.33. The van der Waals surface area contributed by atoms with E-state index >= 15 is 0 Å². The number of hydrogen-bond acceptors (Lipinski definition) is 4. The average molecular weight is 422 g/mol. The van der Waals surface area contributed by atoms with Crippen molar-refractivity contribution >= 4 is 15.9 Å². The van der Waals surface area contributed by atoms with Gasteiger partial charge >= 0.3 is 12.1 Å². The molecule has 0 spiro atoms. The van der Waals surface area contributed by atoms with Crippen LogP contribution in [0, 0.1) is 0 Å². The minimum absolute atomic E-state index is 0.0440. The molecule has 0 radical (unpaired) electrons. The first kappa shape index (κ1) is 22.6. The summed E-state index contributed by atoms with van der Waals surface area (Å²) in [6, 6.07) is 4.35. The van der Waals surface area contributed by atoms with Crippen molar-refractivity contribution in [2.45, 2.75) is 50.2 Å². The number of unbranched alkanes of at least 4 members (excludes halogenated alkanes) is 2. The van der Waals surface area contributed by atoms with E-state index in [2.05, 4.69) is 0 Å². The number of aliphatic hydroxyl groups excluding tert-OH is 1. The molecule has 1 aromatic rings. The Morgan fingerprint density at radius 1 is 1.21 bits per heavy atom. The number of halogens is 3. The zero-order valence-electron chi connectivity index (χ0n) is 15.7. The van der Waals surface area contributed by atoms with Gasteiger partial charge in [0.1, 0.15) is 0 Å². The fourth-order valence-corrected chi connectivity index (χ4v) is 4.72. The van der Waals surface area contributed by atoms with Crippen molar-refractivity contribution < 1.29 is 31.5 Å². The number of carbonyl (C=O) groups excluding carboxylic acids is 1. The molecule has 0 saturated heterocycles. The van der Waals surface area contributed by atoms with Crippen LogP contribution in [-0.4, -0.2) is 61.1 Å². The minimum atomic E-state index is -4.96. The topological polar surface area (TPSA) is 77.9 Å². The Hall–Kier alpha value is -1.65. The summed E-state index contributed by atoms with van der Waals surface area (Å²) in [4.78, 5) is 12.1. The number of aliphatic hydroxyl groups is 1. The lowest BCUT2D eigenvalue weighted by atomic mass is 10.00. The standard InChI is InChI=1S/C18H25F3N2O4S/c1-2-3-4-8-23(10-11-24)28(26,27)16-6-5-14-7-9-22(13-15(14)12-16)17(25)18(19,20)21/h5-6,12,24H,2-4,7-11,13H2,1H3. The Kier molecular flexibility index (Phi) is 7.46. The van der Waals surface area contributed by atoms with Crippen molar-refractivity contribution in [3.8, 4) is 0 Å². The highest BCUT2D eigenvalue weighted by molar-refractivity contribution is 7.89. The molecule has 0 aromatic heterocycles. The van der Waals surface area contributed by atoms with Crippen molar-refractivity contribution in [3.05, 3.63) is 29.3 Å². The predicted molar refractivity (Wildman–Crippen MR) is 97.0 cm³/mol. The van der Waals surface area contributed by atoms with Gasteiger partial charge in [-0.1, -0.05) is 25.8 Å². The molecule has 0 saturated carbocycles. The summed E-state index contributed by atoms with van der Waals surface area (Å²) < 4.78 is 65.1. The van der Waals surface area contributed by atoms with Crippen LogP contribution in [0.1, 0.15) is 37.3 Å². The molecular weight excluding hydrogens is 397 g/mol. The maximum Gasteiger partial charge on any atom is 0.471 e. The van der Waals surface area contributed by atoms with Gasteiger partial charge in [0.2, 0.25) is 10.0 Å². The third-order valence-electron chi connectivity index (χ3n) is 4.72. The fraction of sp³-hybridized carbons (Fsp3) is 0.611. The third-order valence-corrected chi connectivity index (χ3v) is 6.61. The molecule has 158 valence electrons. The summed E-state index contributed by atoms with van der Waals surface area (Å²) in [5.41, 5.74) is 1.12. The lowest BCUT2D eigenvalue weighted by Crippen LogP contribution is -2.43. The van der Waals surface area contributed by atoms with E-state index in [1.807, 2.05) is 6.92 Å². The molecule has 1 heterocycles.